The molecule has 0 bridgehead atoms. The molecule has 1 saturated carbocycles. The number of hydrogen-bond acceptors (Lipinski definition) is 2. The van der Waals surface area contributed by atoms with Crippen molar-refractivity contribution in [1.82, 2.24) is 4.90 Å². The van der Waals surface area contributed by atoms with Gasteiger partial charge < -0.3 is 10.6 Å². The second-order valence-corrected chi connectivity index (χ2v) is 4.87. The van der Waals surface area contributed by atoms with Gasteiger partial charge in [0, 0.05) is 5.54 Å². The molecule has 0 aromatic heterocycles. The van der Waals surface area contributed by atoms with Gasteiger partial charge in [0.2, 0.25) is 0 Å². The van der Waals surface area contributed by atoms with Crippen LogP contribution in [0.4, 0.5) is 0 Å². The molecule has 0 aromatic carbocycles. The highest BCUT2D eigenvalue weighted by Crippen LogP contribution is 2.30. The van der Waals surface area contributed by atoms with Gasteiger partial charge in [-0.25, -0.2) is 0 Å². The Morgan fingerprint density at radius 1 is 1.00 bits per heavy atom. The summed E-state index contributed by atoms with van der Waals surface area (Å²) in [6.45, 7) is 3.88. The van der Waals surface area contributed by atoms with E-state index in [1.807, 2.05) is 0 Å². The van der Waals surface area contributed by atoms with Gasteiger partial charge in [-0.1, -0.05) is 12.8 Å². The average molecular weight is 182 g/mol. The maximum absolute atomic E-state index is 6.31. The van der Waals surface area contributed by atoms with Crippen LogP contribution in [0.25, 0.3) is 0 Å². The summed E-state index contributed by atoms with van der Waals surface area (Å²) < 4.78 is 0. The summed E-state index contributed by atoms with van der Waals surface area (Å²) in [6, 6.07) is 0. The Bertz CT molecular complexity index is 155. The van der Waals surface area contributed by atoms with Crippen molar-refractivity contribution in [3.8, 4) is 0 Å². The number of hydrogen-bond donors (Lipinski definition) is 1. The smallest absolute Gasteiger partial charge is 0.0166 e. The Labute approximate surface area is 81.5 Å². The van der Waals surface area contributed by atoms with Gasteiger partial charge >= 0.3 is 0 Å². The summed E-state index contributed by atoms with van der Waals surface area (Å²) in [5.74, 6) is 0. The standard InChI is InChI=1S/C11H22N2/c12-11(5-1-2-6-11)7-10-13-8-3-4-9-13/h1-10,12H2. The Hall–Kier alpha value is -0.0800. The van der Waals surface area contributed by atoms with Gasteiger partial charge in [0.05, 0.1) is 0 Å². The fraction of sp³-hybridized carbons (Fsp3) is 1.00. The van der Waals surface area contributed by atoms with Crippen molar-refractivity contribution in [3.63, 3.8) is 0 Å². The lowest BCUT2D eigenvalue weighted by molar-refractivity contribution is 0.281. The van der Waals surface area contributed by atoms with Crippen LogP contribution < -0.4 is 5.73 Å². The van der Waals surface area contributed by atoms with Crippen LogP contribution in [0.3, 0.4) is 0 Å². The first-order valence-corrected chi connectivity index (χ1v) is 5.80. The lowest BCUT2D eigenvalue weighted by Crippen LogP contribution is -2.40. The predicted octanol–water partition coefficient (Wildman–Crippen LogP) is 1.74. The molecule has 0 amide bonds. The van der Waals surface area contributed by atoms with Crippen LogP contribution >= 0.6 is 0 Å². The van der Waals surface area contributed by atoms with Crippen molar-refractivity contribution in [2.24, 2.45) is 5.73 Å². The van der Waals surface area contributed by atoms with Crippen molar-refractivity contribution >= 4 is 0 Å². The van der Waals surface area contributed by atoms with E-state index in [2.05, 4.69) is 4.90 Å². The number of rotatable bonds is 3. The first-order chi connectivity index (χ1) is 6.29. The lowest BCUT2D eigenvalue weighted by Gasteiger charge is -2.26. The van der Waals surface area contributed by atoms with Crippen LogP contribution in [0.2, 0.25) is 0 Å². The van der Waals surface area contributed by atoms with Gasteiger partial charge in [0.25, 0.3) is 0 Å². The third-order valence-electron chi connectivity index (χ3n) is 3.72. The summed E-state index contributed by atoms with van der Waals surface area (Å²) in [7, 11) is 0. The first kappa shape index (κ1) is 9.47. The molecule has 2 heteroatoms. The van der Waals surface area contributed by atoms with E-state index in [9.17, 15) is 0 Å². The van der Waals surface area contributed by atoms with E-state index in [0.717, 1.165) is 0 Å². The molecule has 0 radical (unpaired) electrons. The molecule has 2 nitrogen and oxygen atoms in total. The number of likely N-dealkylation sites (tertiary alicyclic amines) is 1. The minimum Gasteiger partial charge on any atom is -0.325 e. The molecule has 2 fully saturated rings. The fourth-order valence-corrected chi connectivity index (χ4v) is 2.72. The summed E-state index contributed by atoms with van der Waals surface area (Å²) in [6.07, 6.45) is 9.27. The highest BCUT2D eigenvalue weighted by Gasteiger charge is 2.29. The molecule has 1 heterocycles. The second kappa shape index (κ2) is 3.97. The van der Waals surface area contributed by atoms with Gasteiger partial charge in [-0.2, -0.15) is 0 Å². The highest BCUT2D eigenvalue weighted by atomic mass is 15.1. The van der Waals surface area contributed by atoms with Gasteiger partial charge in [-0.15, -0.1) is 0 Å². The van der Waals surface area contributed by atoms with Crippen molar-refractivity contribution < 1.29 is 0 Å². The summed E-state index contributed by atoms with van der Waals surface area (Å²) in [5.41, 5.74) is 6.52. The maximum Gasteiger partial charge on any atom is 0.0166 e. The molecular formula is C11H22N2. The van der Waals surface area contributed by atoms with E-state index in [1.54, 1.807) is 0 Å². The largest absolute Gasteiger partial charge is 0.325 e. The van der Waals surface area contributed by atoms with E-state index < -0.39 is 0 Å². The molecule has 0 unspecified atom stereocenters. The summed E-state index contributed by atoms with van der Waals surface area (Å²) >= 11 is 0. The minimum absolute atomic E-state index is 0.211. The van der Waals surface area contributed by atoms with Gasteiger partial charge in [-0.05, 0) is 51.7 Å². The first-order valence-electron chi connectivity index (χ1n) is 5.80. The molecule has 13 heavy (non-hydrogen) atoms. The molecule has 1 saturated heterocycles. The topological polar surface area (TPSA) is 29.3 Å². The quantitative estimate of drug-likeness (QED) is 0.720. The van der Waals surface area contributed by atoms with E-state index >= 15 is 0 Å². The third-order valence-corrected chi connectivity index (χ3v) is 3.72. The van der Waals surface area contributed by atoms with Gasteiger partial charge in [0.1, 0.15) is 0 Å². The third kappa shape index (κ3) is 2.44. The molecule has 1 aliphatic carbocycles. The predicted molar refractivity (Wildman–Crippen MR) is 55.7 cm³/mol. The van der Waals surface area contributed by atoms with Gasteiger partial charge in [0.15, 0.2) is 0 Å². The second-order valence-electron chi connectivity index (χ2n) is 4.87. The summed E-state index contributed by atoms with van der Waals surface area (Å²) in [5, 5.41) is 0. The van der Waals surface area contributed by atoms with Gasteiger partial charge in [-0.3, -0.25) is 0 Å². The Balaban J connectivity index is 1.71. The average Bonchev–Trinajstić information content (AvgIpc) is 2.72. The van der Waals surface area contributed by atoms with Crippen molar-refractivity contribution in [1.29, 1.82) is 0 Å². The van der Waals surface area contributed by atoms with E-state index in [-0.39, 0.29) is 5.54 Å². The molecule has 0 spiro atoms. The molecule has 1 aliphatic heterocycles. The Kier molecular flexibility index (Phi) is 2.89. The zero-order valence-electron chi connectivity index (χ0n) is 8.60. The molecule has 2 N–H and O–H groups in total. The van der Waals surface area contributed by atoms with Crippen LogP contribution in [0, 0.1) is 0 Å². The van der Waals surface area contributed by atoms with Crippen molar-refractivity contribution in [2.45, 2.75) is 50.5 Å². The van der Waals surface area contributed by atoms with Crippen LogP contribution in [0.15, 0.2) is 0 Å². The van der Waals surface area contributed by atoms with Crippen LogP contribution in [0.1, 0.15) is 44.9 Å². The van der Waals surface area contributed by atoms with E-state index in [1.165, 1.54) is 64.6 Å². The SMILES string of the molecule is NC1(CCN2CCCC2)CCCC1. The zero-order chi connectivity index (χ0) is 9.15. The van der Waals surface area contributed by atoms with Crippen molar-refractivity contribution in [2.75, 3.05) is 19.6 Å². The number of nitrogens with zero attached hydrogens (tertiary/aromatic N) is 1. The molecule has 0 atom stereocenters. The van der Waals surface area contributed by atoms with E-state index in [0.29, 0.717) is 0 Å². The Morgan fingerprint density at radius 3 is 2.23 bits per heavy atom. The zero-order valence-corrected chi connectivity index (χ0v) is 8.60. The normalized spacial score (nSPS) is 28.4. The molecule has 76 valence electrons. The minimum atomic E-state index is 0.211. The molecule has 2 rings (SSSR count). The molecular weight excluding hydrogens is 160 g/mol. The highest BCUT2D eigenvalue weighted by molar-refractivity contribution is 4.90. The maximum atomic E-state index is 6.31. The molecule has 2 aliphatic rings. The number of nitrogens with two attached hydrogens (primary N) is 1. The van der Waals surface area contributed by atoms with Crippen LogP contribution in [-0.4, -0.2) is 30.1 Å². The summed E-state index contributed by atoms with van der Waals surface area (Å²) in [4.78, 5) is 2.58. The fourth-order valence-electron chi connectivity index (χ4n) is 2.72. The Morgan fingerprint density at radius 2 is 1.62 bits per heavy atom. The molecule has 0 aromatic rings. The van der Waals surface area contributed by atoms with E-state index in [4.69, 9.17) is 5.73 Å². The van der Waals surface area contributed by atoms with Crippen molar-refractivity contribution in [3.05, 3.63) is 0 Å². The lowest BCUT2D eigenvalue weighted by atomic mass is 9.94. The van der Waals surface area contributed by atoms with Crippen LogP contribution in [-0.2, 0) is 0 Å². The monoisotopic (exact) mass is 182 g/mol. The van der Waals surface area contributed by atoms with Crippen LogP contribution in [0.5, 0.6) is 0 Å².